The highest BCUT2D eigenvalue weighted by atomic mass is 32.1. The number of thiophene rings is 1. The van der Waals surface area contributed by atoms with Gasteiger partial charge >= 0.3 is 0 Å². The zero-order chi connectivity index (χ0) is 13.2. The van der Waals surface area contributed by atoms with Gasteiger partial charge < -0.3 is 5.32 Å². The number of anilines is 1. The molecule has 2 aromatic heterocycles. The molecule has 2 heterocycles. The van der Waals surface area contributed by atoms with Crippen molar-refractivity contribution in [3.63, 3.8) is 0 Å². The summed E-state index contributed by atoms with van der Waals surface area (Å²) in [4.78, 5) is 5.85. The van der Waals surface area contributed by atoms with Crippen LogP contribution in [0, 0.1) is 13.8 Å². The number of rotatable bonds is 3. The molecule has 0 saturated carbocycles. The Hall–Kier alpha value is -1.87. The molecule has 0 aliphatic carbocycles. The normalized spacial score (nSPS) is 10.8. The maximum absolute atomic E-state index is 4.47. The standard InChI is InChI=1S/C16H16N2S/c1-11-7-9-19-15(11)10-18-14-6-5-12(2)16-13(14)4-3-8-17-16/h3-9,18H,10H2,1-2H3. The Labute approximate surface area is 117 Å². The summed E-state index contributed by atoms with van der Waals surface area (Å²) >= 11 is 1.80. The topological polar surface area (TPSA) is 24.9 Å². The van der Waals surface area contributed by atoms with Crippen molar-refractivity contribution in [2.24, 2.45) is 0 Å². The molecule has 0 radical (unpaired) electrons. The molecule has 1 aromatic carbocycles. The number of fused-ring (bicyclic) bond motifs is 1. The zero-order valence-electron chi connectivity index (χ0n) is 11.1. The van der Waals surface area contributed by atoms with Crippen LogP contribution >= 0.6 is 11.3 Å². The molecule has 0 bridgehead atoms. The van der Waals surface area contributed by atoms with E-state index in [2.05, 4.69) is 53.8 Å². The molecule has 2 nitrogen and oxygen atoms in total. The van der Waals surface area contributed by atoms with Crippen molar-refractivity contribution in [1.29, 1.82) is 0 Å². The van der Waals surface area contributed by atoms with Crippen LogP contribution in [-0.4, -0.2) is 4.98 Å². The summed E-state index contributed by atoms with van der Waals surface area (Å²) in [6, 6.07) is 10.5. The van der Waals surface area contributed by atoms with Crippen LogP contribution < -0.4 is 5.32 Å². The maximum atomic E-state index is 4.47. The van der Waals surface area contributed by atoms with Crippen LogP contribution in [0.15, 0.2) is 41.9 Å². The van der Waals surface area contributed by atoms with E-state index in [0.29, 0.717) is 0 Å². The third-order valence-corrected chi connectivity index (χ3v) is 4.40. The number of aryl methyl sites for hydroxylation is 2. The number of nitrogens with zero attached hydrogens (tertiary/aromatic N) is 1. The largest absolute Gasteiger partial charge is 0.380 e. The molecule has 0 atom stereocenters. The second kappa shape index (κ2) is 5.02. The van der Waals surface area contributed by atoms with Crippen LogP contribution in [0.5, 0.6) is 0 Å². The van der Waals surface area contributed by atoms with E-state index in [-0.39, 0.29) is 0 Å². The van der Waals surface area contributed by atoms with E-state index in [9.17, 15) is 0 Å². The minimum Gasteiger partial charge on any atom is -0.380 e. The first-order chi connectivity index (χ1) is 9.25. The number of aromatic nitrogens is 1. The molecule has 0 spiro atoms. The highest BCUT2D eigenvalue weighted by Crippen LogP contribution is 2.26. The Kier molecular flexibility index (Phi) is 3.22. The number of benzene rings is 1. The van der Waals surface area contributed by atoms with E-state index in [0.717, 1.165) is 17.7 Å². The third kappa shape index (κ3) is 2.34. The van der Waals surface area contributed by atoms with Gasteiger partial charge in [-0.15, -0.1) is 11.3 Å². The molecule has 3 rings (SSSR count). The molecule has 0 aliphatic heterocycles. The van der Waals surface area contributed by atoms with Crippen molar-refractivity contribution >= 4 is 27.9 Å². The number of pyridine rings is 1. The van der Waals surface area contributed by atoms with Gasteiger partial charge in [0.15, 0.2) is 0 Å². The average Bonchev–Trinajstić information content (AvgIpc) is 2.84. The fourth-order valence-electron chi connectivity index (χ4n) is 2.23. The molecule has 1 N–H and O–H groups in total. The van der Waals surface area contributed by atoms with Gasteiger partial charge in [-0.3, -0.25) is 4.98 Å². The lowest BCUT2D eigenvalue weighted by molar-refractivity contribution is 1.17. The second-order valence-corrected chi connectivity index (χ2v) is 5.71. The van der Waals surface area contributed by atoms with Crippen molar-refractivity contribution in [3.8, 4) is 0 Å². The van der Waals surface area contributed by atoms with Gasteiger partial charge in [-0.05, 0) is 54.6 Å². The molecule has 0 fully saturated rings. The van der Waals surface area contributed by atoms with E-state index >= 15 is 0 Å². The van der Waals surface area contributed by atoms with Gasteiger partial charge in [-0.2, -0.15) is 0 Å². The summed E-state index contributed by atoms with van der Waals surface area (Å²) in [6.07, 6.45) is 1.85. The molecule has 0 saturated heterocycles. The van der Waals surface area contributed by atoms with Crippen LogP contribution in [0.4, 0.5) is 5.69 Å². The smallest absolute Gasteiger partial charge is 0.0751 e. The molecule has 19 heavy (non-hydrogen) atoms. The lowest BCUT2D eigenvalue weighted by Gasteiger charge is -2.10. The van der Waals surface area contributed by atoms with Crippen LogP contribution in [0.3, 0.4) is 0 Å². The SMILES string of the molecule is Cc1ccsc1CNc1ccc(C)c2ncccc12. The van der Waals surface area contributed by atoms with E-state index in [1.807, 2.05) is 12.3 Å². The molecule has 0 amide bonds. The predicted octanol–water partition coefficient (Wildman–Crippen LogP) is 4.53. The molecule has 3 heteroatoms. The highest BCUT2D eigenvalue weighted by molar-refractivity contribution is 7.10. The van der Waals surface area contributed by atoms with Gasteiger partial charge in [0, 0.05) is 28.7 Å². The fraction of sp³-hybridized carbons (Fsp3) is 0.188. The van der Waals surface area contributed by atoms with Gasteiger partial charge in [0.05, 0.1) is 5.52 Å². The second-order valence-electron chi connectivity index (χ2n) is 4.71. The third-order valence-electron chi connectivity index (χ3n) is 3.38. The summed E-state index contributed by atoms with van der Waals surface area (Å²) in [5.41, 5.74) is 4.80. The van der Waals surface area contributed by atoms with Gasteiger partial charge in [0.2, 0.25) is 0 Å². The average molecular weight is 268 g/mol. The number of hydrogen-bond donors (Lipinski definition) is 1. The van der Waals surface area contributed by atoms with Crippen LogP contribution in [-0.2, 0) is 6.54 Å². The summed E-state index contributed by atoms with van der Waals surface area (Å²) < 4.78 is 0. The maximum Gasteiger partial charge on any atom is 0.0751 e. The van der Waals surface area contributed by atoms with Crippen LogP contribution in [0.25, 0.3) is 10.9 Å². The zero-order valence-corrected chi connectivity index (χ0v) is 11.9. The number of hydrogen-bond acceptors (Lipinski definition) is 3. The van der Waals surface area contributed by atoms with Crippen molar-refractivity contribution in [2.45, 2.75) is 20.4 Å². The summed E-state index contributed by atoms with van der Waals surface area (Å²) in [6.45, 7) is 5.13. The Balaban J connectivity index is 1.93. The van der Waals surface area contributed by atoms with Crippen molar-refractivity contribution in [3.05, 3.63) is 57.9 Å². The fourth-order valence-corrected chi connectivity index (χ4v) is 3.07. The first kappa shape index (κ1) is 12.2. The lowest BCUT2D eigenvalue weighted by atomic mass is 10.1. The van der Waals surface area contributed by atoms with E-state index in [1.54, 1.807) is 11.3 Å². The van der Waals surface area contributed by atoms with Crippen molar-refractivity contribution in [1.82, 2.24) is 4.98 Å². The van der Waals surface area contributed by atoms with Gasteiger partial charge in [-0.25, -0.2) is 0 Å². The summed E-state index contributed by atoms with van der Waals surface area (Å²) in [7, 11) is 0. The van der Waals surface area contributed by atoms with Crippen molar-refractivity contribution < 1.29 is 0 Å². The summed E-state index contributed by atoms with van der Waals surface area (Å²) in [5, 5.41) is 6.86. The molecular weight excluding hydrogens is 252 g/mol. The molecule has 0 unspecified atom stereocenters. The molecular formula is C16H16N2S. The Morgan fingerprint density at radius 2 is 2.00 bits per heavy atom. The first-order valence-corrected chi connectivity index (χ1v) is 7.25. The minimum atomic E-state index is 0.872. The molecule has 96 valence electrons. The van der Waals surface area contributed by atoms with E-state index in [4.69, 9.17) is 0 Å². The first-order valence-electron chi connectivity index (χ1n) is 6.37. The monoisotopic (exact) mass is 268 g/mol. The lowest BCUT2D eigenvalue weighted by Crippen LogP contribution is -2.00. The highest BCUT2D eigenvalue weighted by Gasteiger charge is 2.05. The van der Waals surface area contributed by atoms with Crippen LogP contribution in [0.1, 0.15) is 16.0 Å². The van der Waals surface area contributed by atoms with Crippen molar-refractivity contribution in [2.75, 3.05) is 5.32 Å². The van der Waals surface area contributed by atoms with Gasteiger partial charge in [-0.1, -0.05) is 6.07 Å². The van der Waals surface area contributed by atoms with Gasteiger partial charge in [0.1, 0.15) is 0 Å². The molecule has 0 aliphatic rings. The Morgan fingerprint density at radius 3 is 2.79 bits per heavy atom. The predicted molar refractivity (Wildman–Crippen MR) is 82.9 cm³/mol. The Bertz CT molecular complexity index is 716. The minimum absolute atomic E-state index is 0.872. The van der Waals surface area contributed by atoms with E-state index < -0.39 is 0 Å². The van der Waals surface area contributed by atoms with Gasteiger partial charge in [0.25, 0.3) is 0 Å². The van der Waals surface area contributed by atoms with Crippen LogP contribution in [0.2, 0.25) is 0 Å². The molecule has 3 aromatic rings. The van der Waals surface area contributed by atoms with E-state index in [1.165, 1.54) is 21.4 Å². The summed E-state index contributed by atoms with van der Waals surface area (Å²) in [5.74, 6) is 0. The Morgan fingerprint density at radius 1 is 1.11 bits per heavy atom. The quantitative estimate of drug-likeness (QED) is 0.755. The number of nitrogens with one attached hydrogen (secondary N) is 1.